The molecule has 0 aliphatic carbocycles. The average molecular weight is 275 g/mol. The minimum Gasteiger partial charge on any atom is -0.326 e. The summed E-state index contributed by atoms with van der Waals surface area (Å²) in [5.74, 6) is -0.470. The molecule has 2 rings (SSSR count). The van der Waals surface area contributed by atoms with Gasteiger partial charge in [-0.15, -0.1) is 0 Å². The molecule has 1 heterocycles. The van der Waals surface area contributed by atoms with Crippen molar-refractivity contribution in [2.75, 3.05) is 5.32 Å². The van der Waals surface area contributed by atoms with Crippen LogP contribution in [0.1, 0.15) is 32.6 Å². The Morgan fingerprint density at radius 3 is 2.90 bits per heavy atom. The molecule has 0 unspecified atom stereocenters. The molecule has 0 bridgehead atoms. The van der Waals surface area contributed by atoms with E-state index < -0.39 is 5.82 Å². The van der Waals surface area contributed by atoms with E-state index in [1.165, 1.54) is 12.4 Å². The van der Waals surface area contributed by atoms with Gasteiger partial charge in [0.15, 0.2) is 0 Å². The first kappa shape index (κ1) is 14.2. The summed E-state index contributed by atoms with van der Waals surface area (Å²) < 4.78 is 15.6. The molecular weight excluding hydrogens is 257 g/mol. The van der Waals surface area contributed by atoms with E-state index >= 15 is 0 Å². The van der Waals surface area contributed by atoms with E-state index in [4.69, 9.17) is 0 Å². The molecule has 0 atom stereocenters. The Morgan fingerprint density at radius 2 is 2.25 bits per heavy atom. The zero-order chi connectivity index (χ0) is 14.4. The second kappa shape index (κ2) is 6.84. The van der Waals surface area contributed by atoms with Crippen LogP contribution < -0.4 is 5.32 Å². The first-order chi connectivity index (χ1) is 9.70. The lowest BCUT2D eigenvalue weighted by Crippen LogP contribution is -2.11. The van der Waals surface area contributed by atoms with Crippen molar-refractivity contribution in [2.24, 2.45) is 0 Å². The third-order valence-corrected chi connectivity index (χ3v) is 3.02. The van der Waals surface area contributed by atoms with Crippen molar-refractivity contribution in [1.29, 1.82) is 0 Å². The highest BCUT2D eigenvalue weighted by atomic mass is 19.1. The minimum atomic E-state index is -0.394. The zero-order valence-corrected chi connectivity index (χ0v) is 11.5. The van der Waals surface area contributed by atoms with Gasteiger partial charge in [-0.1, -0.05) is 19.8 Å². The number of unbranched alkanes of at least 4 members (excludes halogenated alkanes) is 2. The summed E-state index contributed by atoms with van der Waals surface area (Å²) in [5, 5.41) is 2.71. The van der Waals surface area contributed by atoms with E-state index in [2.05, 4.69) is 17.2 Å². The molecule has 2 aromatic rings. The van der Waals surface area contributed by atoms with Gasteiger partial charge in [0.25, 0.3) is 0 Å². The van der Waals surface area contributed by atoms with Gasteiger partial charge >= 0.3 is 0 Å². The maximum absolute atomic E-state index is 14.0. The summed E-state index contributed by atoms with van der Waals surface area (Å²) in [4.78, 5) is 15.5. The Balaban J connectivity index is 2.00. The van der Waals surface area contributed by atoms with Gasteiger partial charge in [0.1, 0.15) is 5.82 Å². The molecule has 4 nitrogen and oxygen atoms in total. The van der Waals surface area contributed by atoms with Gasteiger partial charge in [-0.25, -0.2) is 9.37 Å². The molecule has 0 aliphatic heterocycles. The van der Waals surface area contributed by atoms with Crippen LogP contribution in [0.3, 0.4) is 0 Å². The number of halogens is 1. The monoisotopic (exact) mass is 275 g/mol. The molecule has 0 spiro atoms. The lowest BCUT2D eigenvalue weighted by Gasteiger charge is -2.08. The normalized spacial score (nSPS) is 10.5. The Hall–Kier alpha value is -2.17. The fourth-order valence-corrected chi connectivity index (χ4v) is 1.95. The Morgan fingerprint density at radius 1 is 1.40 bits per heavy atom. The number of imidazole rings is 1. The third-order valence-electron chi connectivity index (χ3n) is 3.02. The summed E-state index contributed by atoms with van der Waals surface area (Å²) >= 11 is 0. The zero-order valence-electron chi connectivity index (χ0n) is 11.5. The molecule has 1 aromatic carbocycles. The summed E-state index contributed by atoms with van der Waals surface area (Å²) in [6.45, 7) is 2.09. The van der Waals surface area contributed by atoms with Crippen molar-refractivity contribution in [2.45, 2.75) is 32.6 Å². The standard InChI is InChI=1S/C15H18FN3O/c1-2-3-4-5-15(20)18-12-6-7-14(13(16)10-12)19-9-8-17-11-19/h6-11H,2-5H2,1H3,(H,18,20). The number of carbonyl (C=O) groups excluding carboxylic acids is 1. The molecule has 0 aliphatic rings. The first-order valence-corrected chi connectivity index (χ1v) is 6.78. The van der Waals surface area contributed by atoms with Gasteiger partial charge in [0.2, 0.25) is 5.91 Å². The lowest BCUT2D eigenvalue weighted by molar-refractivity contribution is -0.116. The van der Waals surface area contributed by atoms with Crippen LogP contribution in [-0.4, -0.2) is 15.5 Å². The fraction of sp³-hybridized carbons (Fsp3) is 0.333. The molecule has 106 valence electrons. The summed E-state index contributed by atoms with van der Waals surface area (Å²) in [7, 11) is 0. The molecule has 1 N–H and O–H groups in total. The maximum atomic E-state index is 14.0. The lowest BCUT2D eigenvalue weighted by atomic mass is 10.2. The number of rotatable bonds is 6. The van der Waals surface area contributed by atoms with Gasteiger partial charge in [-0.05, 0) is 24.6 Å². The predicted molar refractivity (Wildman–Crippen MR) is 76.3 cm³/mol. The van der Waals surface area contributed by atoms with Gasteiger partial charge < -0.3 is 9.88 Å². The molecule has 1 amide bonds. The number of aromatic nitrogens is 2. The number of hydrogen-bond donors (Lipinski definition) is 1. The number of benzene rings is 1. The van der Waals surface area contributed by atoms with E-state index in [-0.39, 0.29) is 5.91 Å². The highest BCUT2D eigenvalue weighted by molar-refractivity contribution is 5.90. The highest BCUT2D eigenvalue weighted by Gasteiger charge is 2.07. The highest BCUT2D eigenvalue weighted by Crippen LogP contribution is 2.18. The third kappa shape index (κ3) is 3.66. The number of nitrogens with one attached hydrogen (secondary N) is 1. The molecule has 20 heavy (non-hydrogen) atoms. The predicted octanol–water partition coefficient (Wildman–Crippen LogP) is 3.53. The minimum absolute atomic E-state index is 0.0757. The van der Waals surface area contributed by atoms with Crippen LogP contribution in [0.2, 0.25) is 0 Å². The van der Waals surface area contributed by atoms with E-state index in [1.807, 2.05) is 0 Å². The first-order valence-electron chi connectivity index (χ1n) is 6.78. The molecule has 0 radical (unpaired) electrons. The number of hydrogen-bond acceptors (Lipinski definition) is 2. The Kier molecular flexibility index (Phi) is 4.87. The van der Waals surface area contributed by atoms with Crippen molar-refractivity contribution in [1.82, 2.24) is 9.55 Å². The maximum Gasteiger partial charge on any atom is 0.224 e. The van der Waals surface area contributed by atoms with Crippen LogP contribution in [0.15, 0.2) is 36.9 Å². The van der Waals surface area contributed by atoms with Gasteiger partial charge in [-0.2, -0.15) is 0 Å². The fourth-order valence-electron chi connectivity index (χ4n) is 1.95. The Labute approximate surface area is 117 Å². The van der Waals surface area contributed by atoms with Crippen molar-refractivity contribution >= 4 is 11.6 Å². The van der Waals surface area contributed by atoms with Crippen LogP contribution in [0, 0.1) is 5.82 Å². The topological polar surface area (TPSA) is 46.9 Å². The number of anilines is 1. The Bertz CT molecular complexity index is 567. The van der Waals surface area contributed by atoms with E-state index in [1.54, 1.807) is 29.1 Å². The number of amides is 1. The molecule has 0 saturated carbocycles. The van der Waals surface area contributed by atoms with Crippen molar-refractivity contribution < 1.29 is 9.18 Å². The SMILES string of the molecule is CCCCCC(=O)Nc1ccc(-n2ccnc2)c(F)c1. The molecule has 0 saturated heterocycles. The summed E-state index contributed by atoms with van der Waals surface area (Å²) in [6, 6.07) is 4.64. The largest absolute Gasteiger partial charge is 0.326 e. The second-order valence-corrected chi connectivity index (χ2v) is 4.64. The van der Waals surface area contributed by atoms with E-state index in [0.717, 1.165) is 19.3 Å². The number of nitrogens with zero attached hydrogens (tertiary/aromatic N) is 2. The van der Waals surface area contributed by atoms with Gasteiger partial charge in [0.05, 0.1) is 12.0 Å². The van der Waals surface area contributed by atoms with Crippen LogP contribution in [0.4, 0.5) is 10.1 Å². The quantitative estimate of drug-likeness (QED) is 0.820. The molecule has 5 heteroatoms. The summed E-state index contributed by atoms with van der Waals surface area (Å²) in [6.07, 6.45) is 8.21. The van der Waals surface area contributed by atoms with Crippen LogP contribution in [0.5, 0.6) is 0 Å². The van der Waals surface area contributed by atoms with Gasteiger partial charge in [-0.3, -0.25) is 4.79 Å². The summed E-state index contributed by atoms with van der Waals surface area (Å²) in [5.41, 5.74) is 0.888. The van der Waals surface area contributed by atoms with Crippen LogP contribution >= 0.6 is 0 Å². The molecule has 0 fully saturated rings. The second-order valence-electron chi connectivity index (χ2n) is 4.64. The smallest absolute Gasteiger partial charge is 0.224 e. The van der Waals surface area contributed by atoms with Crippen molar-refractivity contribution in [3.8, 4) is 5.69 Å². The molecule has 1 aromatic heterocycles. The number of carbonyl (C=O) groups is 1. The van der Waals surface area contributed by atoms with E-state index in [9.17, 15) is 9.18 Å². The van der Waals surface area contributed by atoms with Crippen LogP contribution in [-0.2, 0) is 4.79 Å². The van der Waals surface area contributed by atoms with E-state index in [0.29, 0.717) is 17.8 Å². The van der Waals surface area contributed by atoms with Gasteiger partial charge in [0, 0.05) is 24.5 Å². The van der Waals surface area contributed by atoms with Crippen molar-refractivity contribution in [3.05, 3.63) is 42.7 Å². The molecular formula is C15H18FN3O. The average Bonchev–Trinajstić information content (AvgIpc) is 2.93. The van der Waals surface area contributed by atoms with Crippen molar-refractivity contribution in [3.63, 3.8) is 0 Å². The van der Waals surface area contributed by atoms with Crippen LogP contribution in [0.25, 0.3) is 5.69 Å².